The molecule has 0 aromatic heterocycles. The van der Waals surface area contributed by atoms with E-state index in [0.29, 0.717) is 6.42 Å². The van der Waals surface area contributed by atoms with E-state index >= 15 is 0 Å². The van der Waals surface area contributed by atoms with Crippen molar-refractivity contribution in [1.29, 1.82) is 5.26 Å². The van der Waals surface area contributed by atoms with Crippen LogP contribution in [0, 0.1) is 11.3 Å². The molecule has 0 aliphatic carbocycles. The number of rotatable bonds is 5. The second-order valence-corrected chi connectivity index (χ2v) is 3.72. The quantitative estimate of drug-likeness (QED) is 0.576. The topological polar surface area (TPSA) is 23.8 Å². The molecule has 0 bridgehead atoms. The zero-order valence-corrected chi connectivity index (χ0v) is 7.23. The van der Waals surface area contributed by atoms with Gasteiger partial charge in [0.1, 0.15) is 0 Å². The Bertz CT molecular complexity index is 87.5. The van der Waals surface area contributed by atoms with Crippen LogP contribution >= 0.6 is 23.5 Å². The fourth-order valence-corrected chi connectivity index (χ4v) is 1.94. The average Bonchev–Trinajstić information content (AvgIpc) is 1.89. The summed E-state index contributed by atoms with van der Waals surface area (Å²) >= 11 is 3.71. The second-order valence-electron chi connectivity index (χ2n) is 1.51. The molecule has 0 heterocycles. The number of hydrogen-bond donors (Lipinski definition) is 0. The molecule has 1 nitrogen and oxygen atoms in total. The summed E-state index contributed by atoms with van der Waals surface area (Å²) in [7, 11) is 0. The first-order valence-corrected chi connectivity index (χ1v) is 5.40. The molecule has 0 rings (SSSR count). The Balaban J connectivity index is 2.69. The van der Waals surface area contributed by atoms with E-state index in [0.717, 1.165) is 5.75 Å². The fourth-order valence-electron chi connectivity index (χ4n) is 0.362. The molecule has 0 atom stereocenters. The van der Waals surface area contributed by atoms with E-state index in [1.165, 1.54) is 11.5 Å². The standard InChI is InChI=1S/C6H11NS2/c1-8-5-6-9-4-2-3-7/h2,4-6H2,1H3. The Labute approximate surface area is 65.2 Å². The lowest BCUT2D eigenvalue weighted by Gasteiger charge is -1.93. The second kappa shape index (κ2) is 8.19. The van der Waals surface area contributed by atoms with Gasteiger partial charge < -0.3 is 0 Å². The molecule has 0 aliphatic rings. The summed E-state index contributed by atoms with van der Waals surface area (Å²) in [6.45, 7) is 0. The Morgan fingerprint density at radius 2 is 2.11 bits per heavy atom. The summed E-state index contributed by atoms with van der Waals surface area (Å²) in [4.78, 5) is 0. The molecule has 0 aliphatic heterocycles. The van der Waals surface area contributed by atoms with Crippen molar-refractivity contribution in [3.05, 3.63) is 0 Å². The zero-order valence-electron chi connectivity index (χ0n) is 5.59. The molecule has 0 saturated carbocycles. The molecule has 0 saturated heterocycles. The van der Waals surface area contributed by atoms with E-state index in [-0.39, 0.29) is 0 Å². The Morgan fingerprint density at radius 3 is 2.67 bits per heavy atom. The van der Waals surface area contributed by atoms with Crippen molar-refractivity contribution in [2.45, 2.75) is 6.42 Å². The van der Waals surface area contributed by atoms with Crippen molar-refractivity contribution in [2.75, 3.05) is 23.5 Å². The van der Waals surface area contributed by atoms with Gasteiger partial charge in [0.05, 0.1) is 6.07 Å². The third-order valence-corrected chi connectivity index (χ3v) is 2.65. The molecule has 3 heteroatoms. The number of hydrogen-bond acceptors (Lipinski definition) is 3. The third kappa shape index (κ3) is 8.19. The van der Waals surface area contributed by atoms with Crippen molar-refractivity contribution in [1.82, 2.24) is 0 Å². The molecule has 0 amide bonds. The maximum Gasteiger partial charge on any atom is 0.0630 e. The fraction of sp³-hybridized carbons (Fsp3) is 0.833. The van der Waals surface area contributed by atoms with E-state index in [1.54, 1.807) is 0 Å². The average molecular weight is 161 g/mol. The van der Waals surface area contributed by atoms with Gasteiger partial charge >= 0.3 is 0 Å². The van der Waals surface area contributed by atoms with Gasteiger partial charge in [0.25, 0.3) is 0 Å². The van der Waals surface area contributed by atoms with Crippen LogP contribution in [-0.4, -0.2) is 23.5 Å². The highest BCUT2D eigenvalue weighted by molar-refractivity contribution is 8.02. The van der Waals surface area contributed by atoms with E-state index in [4.69, 9.17) is 5.26 Å². The highest BCUT2D eigenvalue weighted by Gasteiger charge is 1.85. The van der Waals surface area contributed by atoms with Crippen molar-refractivity contribution < 1.29 is 0 Å². The lowest BCUT2D eigenvalue weighted by molar-refractivity contribution is 1.24. The lowest BCUT2D eigenvalue weighted by Crippen LogP contribution is -1.84. The summed E-state index contributed by atoms with van der Waals surface area (Å²) in [5, 5.41) is 8.15. The van der Waals surface area contributed by atoms with Crippen LogP contribution in [0.3, 0.4) is 0 Å². The van der Waals surface area contributed by atoms with Crippen LogP contribution in [-0.2, 0) is 0 Å². The Kier molecular flexibility index (Phi) is 8.36. The molecular formula is C6H11NS2. The Morgan fingerprint density at radius 1 is 1.33 bits per heavy atom. The van der Waals surface area contributed by atoms with Crippen LogP contribution in [0.15, 0.2) is 0 Å². The van der Waals surface area contributed by atoms with Gasteiger partial charge in [0, 0.05) is 23.7 Å². The zero-order chi connectivity index (χ0) is 6.95. The Hall–Kier alpha value is 0.190. The minimum Gasteiger partial charge on any atom is -0.198 e. The van der Waals surface area contributed by atoms with Gasteiger partial charge in [0.2, 0.25) is 0 Å². The first-order valence-electron chi connectivity index (χ1n) is 2.85. The van der Waals surface area contributed by atoms with Crippen LogP contribution in [0.1, 0.15) is 6.42 Å². The van der Waals surface area contributed by atoms with E-state index < -0.39 is 0 Å². The molecule has 0 unspecified atom stereocenters. The van der Waals surface area contributed by atoms with E-state index in [2.05, 4.69) is 12.3 Å². The number of nitrogens with zero attached hydrogens (tertiary/aromatic N) is 1. The summed E-state index contributed by atoms with van der Waals surface area (Å²) < 4.78 is 0. The van der Waals surface area contributed by atoms with Crippen LogP contribution < -0.4 is 0 Å². The van der Waals surface area contributed by atoms with Crippen molar-refractivity contribution in [3.63, 3.8) is 0 Å². The highest BCUT2D eigenvalue weighted by atomic mass is 32.2. The van der Waals surface area contributed by atoms with Gasteiger partial charge in [-0.25, -0.2) is 0 Å². The van der Waals surface area contributed by atoms with E-state index in [9.17, 15) is 0 Å². The van der Waals surface area contributed by atoms with Crippen LogP contribution in [0.5, 0.6) is 0 Å². The summed E-state index contributed by atoms with van der Waals surface area (Å²) in [6, 6.07) is 2.12. The van der Waals surface area contributed by atoms with Gasteiger partial charge in [-0.2, -0.15) is 28.8 Å². The SMILES string of the molecule is CSCCSCCC#N. The number of nitriles is 1. The normalized spacial score (nSPS) is 8.89. The molecule has 52 valence electrons. The predicted octanol–water partition coefficient (Wildman–Crippen LogP) is 2.00. The van der Waals surface area contributed by atoms with Gasteiger partial charge in [-0.3, -0.25) is 0 Å². The molecule has 0 aromatic rings. The van der Waals surface area contributed by atoms with Gasteiger partial charge in [-0.05, 0) is 6.26 Å². The van der Waals surface area contributed by atoms with Crippen LogP contribution in [0.25, 0.3) is 0 Å². The van der Waals surface area contributed by atoms with Gasteiger partial charge in [-0.1, -0.05) is 0 Å². The monoisotopic (exact) mass is 161 g/mol. The maximum atomic E-state index is 8.15. The first-order chi connectivity index (χ1) is 4.41. The minimum atomic E-state index is 0.693. The summed E-state index contributed by atoms with van der Waals surface area (Å²) in [6.07, 6.45) is 2.80. The first kappa shape index (κ1) is 9.19. The summed E-state index contributed by atoms with van der Waals surface area (Å²) in [5.41, 5.74) is 0. The molecule has 0 aromatic carbocycles. The van der Waals surface area contributed by atoms with Crippen LogP contribution in [0.2, 0.25) is 0 Å². The smallest absolute Gasteiger partial charge is 0.0630 e. The largest absolute Gasteiger partial charge is 0.198 e. The predicted molar refractivity (Wildman–Crippen MR) is 45.9 cm³/mol. The van der Waals surface area contributed by atoms with Gasteiger partial charge in [-0.15, -0.1) is 0 Å². The highest BCUT2D eigenvalue weighted by Crippen LogP contribution is 2.04. The van der Waals surface area contributed by atoms with Crippen molar-refractivity contribution in [2.24, 2.45) is 0 Å². The maximum absolute atomic E-state index is 8.15. The third-order valence-electron chi connectivity index (χ3n) is 0.790. The number of thioether (sulfide) groups is 2. The molecular weight excluding hydrogens is 150 g/mol. The van der Waals surface area contributed by atoms with Gasteiger partial charge in [0.15, 0.2) is 0 Å². The van der Waals surface area contributed by atoms with Crippen molar-refractivity contribution in [3.8, 4) is 6.07 Å². The molecule has 9 heavy (non-hydrogen) atoms. The van der Waals surface area contributed by atoms with Crippen LogP contribution in [0.4, 0.5) is 0 Å². The van der Waals surface area contributed by atoms with Crippen molar-refractivity contribution >= 4 is 23.5 Å². The van der Waals surface area contributed by atoms with E-state index in [1.807, 2.05) is 23.5 Å². The molecule has 0 N–H and O–H groups in total. The molecule has 0 radical (unpaired) electrons. The molecule has 0 spiro atoms. The summed E-state index contributed by atoms with van der Waals surface area (Å²) in [5.74, 6) is 3.38. The minimum absolute atomic E-state index is 0.693. The lowest BCUT2D eigenvalue weighted by atomic mass is 10.6. The molecule has 0 fully saturated rings.